The molecule has 0 radical (unpaired) electrons. The van der Waals surface area contributed by atoms with Crippen molar-refractivity contribution in [3.8, 4) is 22.8 Å². The Morgan fingerprint density at radius 1 is 0.630 bits per heavy atom. The maximum atomic E-state index is 4.68. The molecule has 27 heavy (non-hydrogen) atoms. The molecule has 0 saturated carbocycles. The van der Waals surface area contributed by atoms with Gasteiger partial charge in [0.05, 0.1) is 0 Å². The Kier molecular flexibility index (Phi) is 5.17. The van der Waals surface area contributed by atoms with E-state index in [9.17, 15) is 0 Å². The van der Waals surface area contributed by atoms with Gasteiger partial charge in [0.15, 0.2) is 11.6 Å². The first kappa shape index (κ1) is 19.6. The van der Waals surface area contributed by atoms with Gasteiger partial charge in [-0.2, -0.15) is 0 Å². The topological polar surface area (TPSA) is 51.6 Å². The van der Waals surface area contributed by atoms with E-state index in [0.29, 0.717) is 0 Å². The Morgan fingerprint density at radius 2 is 0.963 bits per heavy atom. The second-order valence-corrected chi connectivity index (χ2v) is 8.88. The molecule has 0 aliphatic rings. The quantitative estimate of drug-likeness (QED) is 0.513. The van der Waals surface area contributed by atoms with Crippen molar-refractivity contribution in [1.29, 1.82) is 0 Å². The maximum Gasteiger partial charge on any atom is 0.160 e. The van der Waals surface area contributed by atoms with Crippen LogP contribution >= 0.6 is 15.9 Å². The summed E-state index contributed by atoms with van der Waals surface area (Å²) in [6, 6.07) is 8.31. The fraction of sp³-hybridized carbons (Fsp3) is 0.364. The highest BCUT2D eigenvalue weighted by molar-refractivity contribution is 9.10. The van der Waals surface area contributed by atoms with Crippen LogP contribution < -0.4 is 0 Å². The van der Waals surface area contributed by atoms with E-state index in [0.717, 1.165) is 50.0 Å². The molecule has 0 aliphatic heterocycles. The standard InChI is InChI=1S/C22H25BrN4/c1-12-8-13(2)25-20(24-12)17-10-16(22(5,6)7)11-18(19(17)23)21-26-14(3)9-15(4)27-21/h8-11H,1-7H3. The van der Waals surface area contributed by atoms with Gasteiger partial charge in [-0.25, -0.2) is 19.9 Å². The number of hydrogen-bond acceptors (Lipinski definition) is 4. The largest absolute Gasteiger partial charge is 0.233 e. The lowest BCUT2D eigenvalue weighted by atomic mass is 9.84. The summed E-state index contributed by atoms with van der Waals surface area (Å²) in [5.41, 5.74) is 6.91. The van der Waals surface area contributed by atoms with Crippen molar-refractivity contribution in [1.82, 2.24) is 19.9 Å². The normalized spacial score (nSPS) is 11.7. The second kappa shape index (κ2) is 7.12. The third-order valence-corrected chi connectivity index (χ3v) is 5.24. The SMILES string of the molecule is Cc1cc(C)nc(-c2cc(C(C)(C)C)cc(-c3nc(C)cc(C)n3)c2Br)n1. The molecule has 0 spiro atoms. The van der Waals surface area contributed by atoms with Crippen molar-refractivity contribution >= 4 is 15.9 Å². The molecule has 0 saturated heterocycles. The molecule has 5 heteroatoms. The molecule has 3 rings (SSSR count). The molecule has 1 aromatic carbocycles. The molecule has 0 unspecified atom stereocenters. The number of aryl methyl sites for hydroxylation is 4. The van der Waals surface area contributed by atoms with Crippen LogP contribution in [0.4, 0.5) is 0 Å². The van der Waals surface area contributed by atoms with Crippen molar-refractivity contribution < 1.29 is 0 Å². The molecule has 0 aliphatic carbocycles. The van der Waals surface area contributed by atoms with Gasteiger partial charge < -0.3 is 0 Å². The summed E-state index contributed by atoms with van der Waals surface area (Å²) in [6.45, 7) is 14.6. The van der Waals surface area contributed by atoms with E-state index in [-0.39, 0.29) is 5.41 Å². The number of halogens is 1. The minimum absolute atomic E-state index is 0.0259. The molecule has 0 atom stereocenters. The molecule has 4 nitrogen and oxygen atoms in total. The molecule has 0 fully saturated rings. The fourth-order valence-corrected chi connectivity index (χ4v) is 3.66. The molecule has 0 N–H and O–H groups in total. The first-order chi connectivity index (χ1) is 12.5. The number of nitrogens with zero attached hydrogens (tertiary/aromatic N) is 4. The van der Waals surface area contributed by atoms with Crippen molar-refractivity contribution in [3.05, 3.63) is 57.1 Å². The zero-order valence-corrected chi connectivity index (χ0v) is 18.6. The number of aromatic nitrogens is 4. The van der Waals surface area contributed by atoms with E-state index in [4.69, 9.17) is 0 Å². The summed E-state index contributed by atoms with van der Waals surface area (Å²) >= 11 is 3.79. The van der Waals surface area contributed by atoms with E-state index in [2.05, 4.69) is 68.8 Å². The summed E-state index contributed by atoms with van der Waals surface area (Å²) < 4.78 is 0.922. The van der Waals surface area contributed by atoms with E-state index >= 15 is 0 Å². The first-order valence-corrected chi connectivity index (χ1v) is 9.83. The summed E-state index contributed by atoms with van der Waals surface area (Å²) in [7, 11) is 0. The third-order valence-electron chi connectivity index (χ3n) is 4.39. The average Bonchev–Trinajstić information content (AvgIpc) is 2.52. The number of benzene rings is 1. The van der Waals surface area contributed by atoms with Gasteiger partial charge in [0.2, 0.25) is 0 Å². The maximum absolute atomic E-state index is 4.68. The predicted molar refractivity (Wildman–Crippen MR) is 114 cm³/mol. The molecular formula is C22H25BrN4. The Bertz CT molecular complexity index is 906. The molecule has 2 heterocycles. The highest BCUT2D eigenvalue weighted by atomic mass is 79.9. The lowest BCUT2D eigenvalue weighted by Gasteiger charge is -2.22. The van der Waals surface area contributed by atoms with Crippen molar-refractivity contribution in [2.45, 2.75) is 53.9 Å². The molecule has 0 bridgehead atoms. The van der Waals surface area contributed by atoms with Gasteiger partial charge >= 0.3 is 0 Å². The molecule has 0 amide bonds. The Labute approximate surface area is 169 Å². The van der Waals surface area contributed by atoms with E-state index < -0.39 is 0 Å². The zero-order valence-electron chi connectivity index (χ0n) is 17.0. The predicted octanol–water partition coefficient (Wildman–Crippen LogP) is 5.89. The monoisotopic (exact) mass is 424 g/mol. The minimum Gasteiger partial charge on any atom is -0.233 e. The first-order valence-electron chi connectivity index (χ1n) is 9.04. The van der Waals surface area contributed by atoms with E-state index in [1.807, 2.05) is 39.8 Å². The summed E-state index contributed by atoms with van der Waals surface area (Å²) in [6.07, 6.45) is 0. The second-order valence-electron chi connectivity index (χ2n) is 8.08. The molecule has 2 aromatic heterocycles. The summed E-state index contributed by atoms with van der Waals surface area (Å²) in [4.78, 5) is 18.7. The van der Waals surface area contributed by atoms with Crippen LogP contribution in [0.3, 0.4) is 0 Å². The van der Waals surface area contributed by atoms with Crippen LogP contribution in [0.2, 0.25) is 0 Å². The van der Waals surface area contributed by atoms with Crippen LogP contribution in [0.25, 0.3) is 22.8 Å². The Balaban J connectivity index is 2.34. The van der Waals surface area contributed by atoms with Crippen molar-refractivity contribution in [3.63, 3.8) is 0 Å². The molecular weight excluding hydrogens is 400 g/mol. The minimum atomic E-state index is -0.0259. The Morgan fingerprint density at radius 3 is 1.26 bits per heavy atom. The van der Waals surface area contributed by atoms with Gasteiger partial charge in [-0.05, 0) is 78.9 Å². The van der Waals surface area contributed by atoms with Crippen molar-refractivity contribution in [2.75, 3.05) is 0 Å². The van der Waals surface area contributed by atoms with Gasteiger partial charge in [0.25, 0.3) is 0 Å². The molecule has 3 aromatic rings. The highest BCUT2D eigenvalue weighted by Gasteiger charge is 2.22. The van der Waals surface area contributed by atoms with Crippen molar-refractivity contribution in [2.24, 2.45) is 0 Å². The Hall–Kier alpha value is -2.14. The van der Waals surface area contributed by atoms with Gasteiger partial charge in [0.1, 0.15) is 0 Å². The van der Waals surface area contributed by atoms with Crippen LogP contribution in [0.15, 0.2) is 28.7 Å². The highest BCUT2D eigenvalue weighted by Crippen LogP contribution is 2.39. The van der Waals surface area contributed by atoms with Crippen LogP contribution in [0.5, 0.6) is 0 Å². The summed E-state index contributed by atoms with van der Waals surface area (Å²) in [5.74, 6) is 1.44. The summed E-state index contributed by atoms with van der Waals surface area (Å²) in [5, 5.41) is 0. The van der Waals surface area contributed by atoms with Gasteiger partial charge in [-0.3, -0.25) is 0 Å². The number of rotatable bonds is 2. The third kappa shape index (κ3) is 4.24. The smallest absolute Gasteiger partial charge is 0.160 e. The van der Waals surface area contributed by atoms with Gasteiger partial charge in [-0.1, -0.05) is 20.8 Å². The average molecular weight is 425 g/mol. The van der Waals surface area contributed by atoms with Gasteiger partial charge in [0, 0.05) is 38.4 Å². The van der Waals surface area contributed by atoms with Crippen LogP contribution in [0.1, 0.15) is 49.1 Å². The van der Waals surface area contributed by atoms with Crippen LogP contribution in [-0.2, 0) is 5.41 Å². The van der Waals surface area contributed by atoms with Crippen LogP contribution in [0, 0.1) is 27.7 Å². The van der Waals surface area contributed by atoms with E-state index in [1.165, 1.54) is 5.56 Å². The van der Waals surface area contributed by atoms with E-state index in [1.54, 1.807) is 0 Å². The number of hydrogen-bond donors (Lipinski definition) is 0. The van der Waals surface area contributed by atoms with Crippen LogP contribution in [-0.4, -0.2) is 19.9 Å². The fourth-order valence-electron chi connectivity index (χ4n) is 3.08. The lowest BCUT2D eigenvalue weighted by molar-refractivity contribution is 0.590. The molecule has 140 valence electrons. The lowest BCUT2D eigenvalue weighted by Crippen LogP contribution is -2.12. The zero-order chi connectivity index (χ0) is 19.9. The van der Waals surface area contributed by atoms with Gasteiger partial charge in [-0.15, -0.1) is 0 Å².